The highest BCUT2D eigenvalue weighted by Gasteiger charge is 2.23. The van der Waals surface area contributed by atoms with Gasteiger partial charge in [0.05, 0.1) is 11.8 Å². The second kappa shape index (κ2) is 10.4. The molecule has 0 heterocycles. The second-order valence-corrected chi connectivity index (χ2v) is 9.60. The van der Waals surface area contributed by atoms with Crippen molar-refractivity contribution in [1.29, 1.82) is 5.41 Å². The Morgan fingerprint density at radius 3 is 2.06 bits per heavy atom. The van der Waals surface area contributed by atoms with Gasteiger partial charge in [0, 0.05) is 36.5 Å². The second-order valence-electron chi connectivity index (χ2n) is 8.03. The first kappa shape index (κ1) is 26.1. The summed E-state index contributed by atoms with van der Waals surface area (Å²) in [4.78, 5) is 39.9. The molecule has 0 spiro atoms. The Morgan fingerprint density at radius 1 is 0.889 bits per heavy atom. The maximum Gasteiger partial charge on any atom is 0.354 e. The molecule has 0 unspecified atom stereocenters. The summed E-state index contributed by atoms with van der Waals surface area (Å²) in [6.07, 6.45) is 0.755. The van der Waals surface area contributed by atoms with Crippen LogP contribution in [0, 0.1) is 5.41 Å². The van der Waals surface area contributed by atoms with Crippen molar-refractivity contribution < 1.29 is 27.0 Å². The lowest BCUT2D eigenvalue weighted by atomic mass is 9.93. The maximum atomic E-state index is 13.4. The molecule has 4 N–H and O–H groups in total. The van der Waals surface area contributed by atoms with E-state index in [9.17, 15) is 22.8 Å². The number of nitrogen functional groups attached to an aromatic ring is 1. The fourth-order valence-corrected chi connectivity index (χ4v) is 3.73. The number of nitrogens with two attached hydrogens (primary N) is 1. The maximum absolute atomic E-state index is 13.4. The van der Waals surface area contributed by atoms with Gasteiger partial charge in [-0.15, -0.1) is 0 Å². The van der Waals surface area contributed by atoms with Gasteiger partial charge in [-0.1, -0.05) is 24.3 Å². The van der Waals surface area contributed by atoms with E-state index in [-0.39, 0.29) is 39.6 Å². The number of anilines is 1. The average Bonchev–Trinajstić information content (AvgIpc) is 2.82. The fraction of sp³-hybridized carbons (Fsp3) is 0.120. The first-order valence-electron chi connectivity index (χ1n) is 10.5. The molecule has 0 saturated carbocycles. The van der Waals surface area contributed by atoms with E-state index in [2.05, 4.69) is 9.50 Å². The first-order valence-corrected chi connectivity index (χ1v) is 12.3. The Balaban J connectivity index is 2.12. The zero-order chi connectivity index (χ0) is 26.6. The monoisotopic (exact) mass is 508 g/mol. The van der Waals surface area contributed by atoms with E-state index in [0.29, 0.717) is 11.3 Å². The highest BCUT2D eigenvalue weighted by Crippen LogP contribution is 2.30. The van der Waals surface area contributed by atoms with Crippen molar-refractivity contribution in [2.45, 2.75) is 0 Å². The summed E-state index contributed by atoms with van der Waals surface area (Å²) in [5.74, 6) is -2.15. The zero-order valence-corrected chi connectivity index (χ0v) is 20.5. The van der Waals surface area contributed by atoms with Gasteiger partial charge in [-0.05, 0) is 53.6 Å². The highest BCUT2D eigenvalue weighted by atomic mass is 32.2. The lowest BCUT2D eigenvalue weighted by Crippen LogP contribution is -2.23. The van der Waals surface area contributed by atoms with Gasteiger partial charge < -0.3 is 20.1 Å². The Morgan fingerprint density at radius 2 is 1.47 bits per heavy atom. The van der Waals surface area contributed by atoms with E-state index in [4.69, 9.17) is 11.1 Å². The average molecular weight is 509 g/mol. The Labute approximate surface area is 208 Å². The Bertz CT molecular complexity index is 1460. The van der Waals surface area contributed by atoms with E-state index >= 15 is 0 Å². The van der Waals surface area contributed by atoms with Crippen molar-refractivity contribution in [2.24, 2.45) is 5.73 Å². The summed E-state index contributed by atoms with van der Waals surface area (Å²) in [5.41, 5.74) is 7.11. The van der Waals surface area contributed by atoms with Crippen molar-refractivity contribution in [2.75, 3.05) is 25.7 Å². The van der Waals surface area contributed by atoms with Crippen molar-refractivity contribution in [3.8, 4) is 11.1 Å². The summed E-state index contributed by atoms with van der Waals surface area (Å²) in [6, 6.07) is 16.8. The lowest BCUT2D eigenvalue weighted by molar-refractivity contribution is 0.0747. The molecule has 36 heavy (non-hydrogen) atoms. The van der Waals surface area contributed by atoms with Gasteiger partial charge in [-0.3, -0.25) is 15.0 Å². The van der Waals surface area contributed by atoms with Crippen LogP contribution in [-0.2, 0) is 14.3 Å². The number of hydrogen-bond donors (Lipinski definition) is 3. The summed E-state index contributed by atoms with van der Waals surface area (Å²) in [5, 5.41) is 10.2. The lowest BCUT2D eigenvalue weighted by Gasteiger charge is -2.16. The summed E-state index contributed by atoms with van der Waals surface area (Å²) in [6.45, 7) is 0. The quantitative estimate of drug-likeness (QED) is 0.251. The minimum absolute atomic E-state index is 0.0675. The molecule has 0 radical (unpaired) electrons. The number of carbonyl (C=O) groups is 3. The van der Waals surface area contributed by atoms with Gasteiger partial charge in [-0.2, -0.15) is 8.42 Å². The number of amidine groups is 1. The zero-order valence-electron chi connectivity index (χ0n) is 19.7. The molecule has 2 amide bonds. The highest BCUT2D eigenvalue weighted by molar-refractivity contribution is 7.86. The van der Waals surface area contributed by atoms with Crippen LogP contribution in [0.1, 0.15) is 36.6 Å². The van der Waals surface area contributed by atoms with Gasteiger partial charge in [-0.25, -0.2) is 4.79 Å². The summed E-state index contributed by atoms with van der Waals surface area (Å²) >= 11 is 0. The smallest absolute Gasteiger partial charge is 0.354 e. The van der Waals surface area contributed by atoms with Crippen LogP contribution in [0.2, 0.25) is 0 Å². The number of amides is 2. The van der Waals surface area contributed by atoms with E-state index in [1.54, 1.807) is 50.5 Å². The molecule has 0 fully saturated rings. The third-order valence-electron chi connectivity index (χ3n) is 5.04. The molecule has 3 aromatic carbocycles. The molecule has 3 aromatic rings. The number of nitrogens with one attached hydrogen (secondary N) is 2. The van der Waals surface area contributed by atoms with Crippen LogP contribution in [0.15, 0.2) is 66.7 Å². The largest absolute Gasteiger partial charge is 0.384 e. The van der Waals surface area contributed by atoms with Crippen LogP contribution < -0.4 is 11.1 Å². The third kappa shape index (κ3) is 6.13. The van der Waals surface area contributed by atoms with Crippen molar-refractivity contribution in [3.63, 3.8) is 0 Å². The number of nitrogens with zero attached hydrogens (tertiary/aromatic N) is 1. The Kier molecular flexibility index (Phi) is 7.54. The van der Waals surface area contributed by atoms with Crippen LogP contribution in [0.5, 0.6) is 0 Å². The number of rotatable bonds is 7. The normalized spacial score (nSPS) is 10.9. The van der Waals surface area contributed by atoms with Crippen LogP contribution >= 0.6 is 0 Å². The van der Waals surface area contributed by atoms with Gasteiger partial charge in [0.2, 0.25) is 0 Å². The van der Waals surface area contributed by atoms with Gasteiger partial charge in [0.1, 0.15) is 5.84 Å². The predicted molar refractivity (Wildman–Crippen MR) is 136 cm³/mol. The van der Waals surface area contributed by atoms with Gasteiger partial charge in [0.25, 0.3) is 11.8 Å². The number of carbonyl (C=O) groups excluding carboxylic acids is 3. The van der Waals surface area contributed by atoms with Crippen molar-refractivity contribution in [3.05, 3.63) is 89.0 Å². The molecule has 0 atom stereocenters. The van der Waals surface area contributed by atoms with Crippen molar-refractivity contribution >= 4 is 39.4 Å². The SMILES string of the molecule is CN(C)C(=O)c1ccc(-c2ccccc2C(=O)OS(C)(=O)=O)c(C(=O)Nc2ccc(C(=N)N)cc2)c1. The molecule has 11 heteroatoms. The molecule has 0 aromatic heterocycles. The van der Waals surface area contributed by atoms with E-state index in [0.717, 1.165) is 6.26 Å². The van der Waals surface area contributed by atoms with Crippen LogP contribution in [0.25, 0.3) is 11.1 Å². The van der Waals surface area contributed by atoms with Gasteiger partial charge >= 0.3 is 16.1 Å². The summed E-state index contributed by atoms with van der Waals surface area (Å²) in [7, 11) is -0.933. The molecule has 0 bridgehead atoms. The number of benzene rings is 3. The molecule has 0 saturated heterocycles. The minimum Gasteiger partial charge on any atom is -0.384 e. The molecule has 10 nitrogen and oxygen atoms in total. The third-order valence-corrected chi connectivity index (χ3v) is 5.49. The molecule has 0 aliphatic rings. The van der Waals surface area contributed by atoms with Crippen LogP contribution in [-0.4, -0.2) is 57.3 Å². The molecule has 0 aliphatic carbocycles. The minimum atomic E-state index is -4.08. The molecule has 3 rings (SSSR count). The molecule has 186 valence electrons. The standard InChI is InChI=1S/C25H24N4O6S/c1-29(2)24(31)16-10-13-19(18-6-4-5-7-20(18)25(32)35-36(3,33)34)21(14-16)23(30)28-17-11-8-15(9-12-17)22(26)27/h4-14H,1-3H3,(H3,26,27)(H,28,30). The topological polar surface area (TPSA) is 160 Å². The van der Waals surface area contributed by atoms with E-state index in [1.807, 2.05) is 0 Å². The van der Waals surface area contributed by atoms with Crippen LogP contribution in [0.3, 0.4) is 0 Å². The van der Waals surface area contributed by atoms with Crippen LogP contribution in [0.4, 0.5) is 5.69 Å². The van der Waals surface area contributed by atoms with Crippen molar-refractivity contribution in [1.82, 2.24) is 4.90 Å². The number of hydrogen-bond acceptors (Lipinski definition) is 7. The Hall–Kier alpha value is -4.51. The molecular formula is C25H24N4O6S. The molecule has 0 aliphatic heterocycles. The molecular weight excluding hydrogens is 484 g/mol. The fourth-order valence-electron chi connectivity index (χ4n) is 3.37. The van der Waals surface area contributed by atoms with Gasteiger partial charge in [0.15, 0.2) is 0 Å². The first-order chi connectivity index (χ1) is 16.9. The summed E-state index contributed by atoms with van der Waals surface area (Å²) < 4.78 is 27.6. The predicted octanol–water partition coefficient (Wildman–Crippen LogP) is 2.71. The van der Waals surface area contributed by atoms with E-state index in [1.165, 1.54) is 35.2 Å². The van der Waals surface area contributed by atoms with E-state index < -0.39 is 22.0 Å².